The number of guanidine groups is 1. The number of benzene rings is 1. The van der Waals surface area contributed by atoms with Gasteiger partial charge < -0.3 is 20.5 Å². The molecule has 0 saturated heterocycles. The van der Waals surface area contributed by atoms with E-state index in [9.17, 15) is 5.11 Å². The largest absolute Gasteiger partial charge is 0.488 e. The smallest absolute Gasteiger partial charge is 0.191 e. The Morgan fingerprint density at radius 2 is 2.16 bits per heavy atom. The van der Waals surface area contributed by atoms with Crippen molar-refractivity contribution >= 4 is 17.3 Å². The van der Waals surface area contributed by atoms with Crippen LogP contribution in [0.25, 0.3) is 0 Å². The highest BCUT2D eigenvalue weighted by Crippen LogP contribution is 2.28. The van der Waals surface area contributed by atoms with E-state index >= 15 is 0 Å². The number of fused-ring (bicyclic) bond motifs is 1. The van der Waals surface area contributed by atoms with Gasteiger partial charge in [-0.05, 0) is 36.9 Å². The molecule has 3 N–H and O–H groups in total. The molecular formula is C19H25N3O2S. The molecule has 0 amide bonds. The molecule has 0 spiro atoms. The van der Waals surface area contributed by atoms with E-state index in [-0.39, 0.29) is 6.10 Å². The maximum Gasteiger partial charge on any atom is 0.191 e. The minimum Gasteiger partial charge on any atom is -0.488 e. The highest BCUT2D eigenvalue weighted by Gasteiger charge is 2.25. The summed E-state index contributed by atoms with van der Waals surface area (Å²) in [6, 6.07) is 12.0. The van der Waals surface area contributed by atoms with Crippen molar-refractivity contribution in [3.63, 3.8) is 0 Å². The highest BCUT2D eigenvalue weighted by atomic mass is 32.1. The lowest BCUT2D eigenvalue weighted by Crippen LogP contribution is -2.43. The lowest BCUT2D eigenvalue weighted by Gasteiger charge is -2.21. The molecule has 0 fully saturated rings. The molecule has 1 aliphatic rings. The third-order valence-electron chi connectivity index (χ3n) is 4.15. The molecular weight excluding hydrogens is 334 g/mol. The molecule has 3 rings (SSSR count). The van der Waals surface area contributed by atoms with Gasteiger partial charge in [-0.3, -0.25) is 0 Å². The SMILES string of the molecule is CCNC(=NCC(C)(O)c1cccs1)NCC1Cc2ccccc2O1. The molecule has 1 aromatic carbocycles. The normalized spacial score (nSPS) is 19.0. The molecule has 2 unspecified atom stereocenters. The first kappa shape index (κ1) is 17.8. The molecule has 5 nitrogen and oxygen atoms in total. The second kappa shape index (κ2) is 7.89. The van der Waals surface area contributed by atoms with Crippen LogP contribution in [-0.4, -0.2) is 36.8 Å². The number of aliphatic hydroxyl groups is 1. The van der Waals surface area contributed by atoms with Gasteiger partial charge in [-0.2, -0.15) is 0 Å². The molecule has 134 valence electrons. The van der Waals surface area contributed by atoms with E-state index in [1.165, 1.54) is 5.56 Å². The Hall–Kier alpha value is -2.05. The van der Waals surface area contributed by atoms with Gasteiger partial charge in [0.1, 0.15) is 17.5 Å². The van der Waals surface area contributed by atoms with Gasteiger partial charge in [-0.25, -0.2) is 4.99 Å². The summed E-state index contributed by atoms with van der Waals surface area (Å²) in [6.45, 7) is 5.55. The standard InChI is InChI=1S/C19H25N3O2S/c1-3-20-18(22-13-19(2,23)17-9-6-10-25-17)21-12-15-11-14-7-4-5-8-16(14)24-15/h4-10,15,23H,3,11-13H2,1-2H3,(H2,20,21,22). The second-order valence-corrected chi connectivity index (χ2v) is 7.33. The van der Waals surface area contributed by atoms with Gasteiger partial charge in [0, 0.05) is 17.8 Å². The van der Waals surface area contributed by atoms with E-state index in [4.69, 9.17) is 4.74 Å². The van der Waals surface area contributed by atoms with Gasteiger partial charge >= 0.3 is 0 Å². The number of ether oxygens (including phenoxy) is 1. The van der Waals surface area contributed by atoms with E-state index in [1.54, 1.807) is 18.3 Å². The zero-order valence-corrected chi connectivity index (χ0v) is 15.5. The fourth-order valence-electron chi connectivity index (χ4n) is 2.82. The third kappa shape index (κ3) is 4.52. The number of para-hydroxylation sites is 1. The van der Waals surface area contributed by atoms with Gasteiger partial charge in [0.05, 0.1) is 13.1 Å². The number of hydrogen-bond acceptors (Lipinski definition) is 4. The van der Waals surface area contributed by atoms with Gasteiger partial charge in [0.2, 0.25) is 0 Å². The van der Waals surface area contributed by atoms with Crippen LogP contribution in [0, 0.1) is 0 Å². The fourth-order valence-corrected chi connectivity index (χ4v) is 3.60. The van der Waals surface area contributed by atoms with Crippen molar-refractivity contribution in [3.8, 4) is 5.75 Å². The Morgan fingerprint density at radius 1 is 1.32 bits per heavy atom. The number of hydrogen-bond donors (Lipinski definition) is 3. The molecule has 2 atom stereocenters. The first-order valence-corrected chi connectivity index (χ1v) is 9.49. The van der Waals surface area contributed by atoms with Crippen LogP contribution in [0.1, 0.15) is 24.3 Å². The van der Waals surface area contributed by atoms with Crippen LogP contribution in [0.5, 0.6) is 5.75 Å². The van der Waals surface area contributed by atoms with Crippen molar-refractivity contribution in [1.82, 2.24) is 10.6 Å². The summed E-state index contributed by atoms with van der Waals surface area (Å²) in [5.74, 6) is 1.66. The Morgan fingerprint density at radius 3 is 2.88 bits per heavy atom. The molecule has 0 bridgehead atoms. The molecule has 25 heavy (non-hydrogen) atoms. The monoisotopic (exact) mass is 359 g/mol. The molecule has 2 aromatic rings. The van der Waals surface area contributed by atoms with Crippen molar-refractivity contribution in [2.45, 2.75) is 32.0 Å². The molecule has 1 aliphatic heterocycles. The first-order valence-electron chi connectivity index (χ1n) is 8.61. The van der Waals surface area contributed by atoms with Gasteiger partial charge in [0.15, 0.2) is 5.96 Å². The van der Waals surface area contributed by atoms with Gasteiger partial charge in [-0.15, -0.1) is 11.3 Å². The number of rotatable bonds is 6. The zero-order chi connectivity index (χ0) is 17.7. The molecule has 6 heteroatoms. The minimum absolute atomic E-state index is 0.0964. The quantitative estimate of drug-likeness (QED) is 0.548. The summed E-state index contributed by atoms with van der Waals surface area (Å²) >= 11 is 1.54. The van der Waals surface area contributed by atoms with Crippen molar-refractivity contribution in [2.75, 3.05) is 19.6 Å². The molecule has 0 saturated carbocycles. The maximum atomic E-state index is 10.6. The second-order valence-electron chi connectivity index (χ2n) is 6.38. The van der Waals surface area contributed by atoms with Crippen molar-refractivity contribution < 1.29 is 9.84 Å². The Labute approximate surface area is 152 Å². The zero-order valence-electron chi connectivity index (χ0n) is 14.7. The Kier molecular flexibility index (Phi) is 5.60. The lowest BCUT2D eigenvalue weighted by molar-refractivity contribution is 0.0711. The summed E-state index contributed by atoms with van der Waals surface area (Å²) < 4.78 is 5.95. The average Bonchev–Trinajstić information content (AvgIpc) is 3.26. The highest BCUT2D eigenvalue weighted by molar-refractivity contribution is 7.10. The predicted octanol–water partition coefficient (Wildman–Crippen LogP) is 2.51. The predicted molar refractivity (Wildman–Crippen MR) is 102 cm³/mol. The van der Waals surface area contributed by atoms with E-state index in [2.05, 4.69) is 21.7 Å². The Balaban J connectivity index is 1.56. The molecule has 0 radical (unpaired) electrons. The van der Waals surface area contributed by atoms with Crippen LogP contribution < -0.4 is 15.4 Å². The van der Waals surface area contributed by atoms with Crippen LogP contribution >= 0.6 is 11.3 Å². The van der Waals surface area contributed by atoms with E-state index in [0.717, 1.165) is 23.6 Å². The number of aliphatic imine (C=N–C) groups is 1. The van der Waals surface area contributed by atoms with Crippen LogP contribution in [0.4, 0.5) is 0 Å². The molecule has 0 aliphatic carbocycles. The van der Waals surface area contributed by atoms with Crippen molar-refractivity contribution in [3.05, 3.63) is 52.2 Å². The molecule has 2 heterocycles. The fraction of sp³-hybridized carbons (Fsp3) is 0.421. The van der Waals surface area contributed by atoms with Gasteiger partial charge in [0.25, 0.3) is 0 Å². The lowest BCUT2D eigenvalue weighted by atomic mass is 10.1. The van der Waals surface area contributed by atoms with Crippen molar-refractivity contribution in [1.29, 1.82) is 0 Å². The third-order valence-corrected chi connectivity index (χ3v) is 5.28. The van der Waals surface area contributed by atoms with Crippen LogP contribution in [0.3, 0.4) is 0 Å². The van der Waals surface area contributed by atoms with E-state index in [0.29, 0.717) is 19.0 Å². The topological polar surface area (TPSA) is 65.9 Å². The summed E-state index contributed by atoms with van der Waals surface area (Å²) in [5, 5.41) is 19.1. The molecule has 1 aromatic heterocycles. The first-order chi connectivity index (χ1) is 12.1. The van der Waals surface area contributed by atoms with Crippen LogP contribution in [-0.2, 0) is 12.0 Å². The Bertz CT molecular complexity index is 688. The number of nitrogens with one attached hydrogen (secondary N) is 2. The van der Waals surface area contributed by atoms with E-state index in [1.807, 2.05) is 42.6 Å². The minimum atomic E-state index is -0.962. The van der Waals surface area contributed by atoms with Crippen LogP contribution in [0.2, 0.25) is 0 Å². The van der Waals surface area contributed by atoms with Crippen molar-refractivity contribution in [2.24, 2.45) is 4.99 Å². The summed E-state index contributed by atoms with van der Waals surface area (Å²) in [4.78, 5) is 5.46. The summed E-state index contributed by atoms with van der Waals surface area (Å²) in [6.07, 6.45) is 0.995. The van der Waals surface area contributed by atoms with Crippen LogP contribution in [0.15, 0.2) is 46.8 Å². The summed E-state index contributed by atoms with van der Waals surface area (Å²) in [7, 11) is 0. The maximum absolute atomic E-state index is 10.6. The summed E-state index contributed by atoms with van der Waals surface area (Å²) in [5.41, 5.74) is 0.285. The average molecular weight is 359 g/mol. The van der Waals surface area contributed by atoms with Gasteiger partial charge in [-0.1, -0.05) is 24.3 Å². The number of nitrogens with zero attached hydrogens (tertiary/aromatic N) is 1. The number of thiophene rings is 1. The van der Waals surface area contributed by atoms with E-state index < -0.39 is 5.60 Å².